The van der Waals surface area contributed by atoms with Crippen molar-refractivity contribution in [2.45, 2.75) is 63.3 Å². The lowest BCUT2D eigenvalue weighted by atomic mass is 9.97. The average Bonchev–Trinajstić information content (AvgIpc) is 2.78. The average molecular weight is 196 g/mol. The van der Waals surface area contributed by atoms with Crippen LogP contribution in [-0.4, -0.2) is 18.5 Å². The summed E-state index contributed by atoms with van der Waals surface area (Å²) >= 11 is 0. The van der Waals surface area contributed by atoms with Crippen LogP contribution in [0.5, 0.6) is 0 Å². The van der Waals surface area contributed by atoms with Crippen LogP contribution in [0.2, 0.25) is 0 Å². The predicted octanol–water partition coefficient (Wildman–Crippen LogP) is 2.86. The van der Waals surface area contributed by atoms with Crippen molar-refractivity contribution >= 4 is 0 Å². The zero-order valence-corrected chi connectivity index (χ0v) is 8.84. The Labute approximate surface area is 86.0 Å². The summed E-state index contributed by atoms with van der Waals surface area (Å²) in [6.45, 7) is 0.907. The third-order valence-corrected chi connectivity index (χ3v) is 4.20. The zero-order chi connectivity index (χ0) is 9.43. The van der Waals surface area contributed by atoms with Gasteiger partial charge in [0.15, 0.2) is 6.29 Å². The molecule has 80 valence electrons. The molecule has 1 saturated heterocycles. The Balaban J connectivity index is 1.60. The summed E-state index contributed by atoms with van der Waals surface area (Å²) in [7, 11) is 0. The molecule has 0 amide bonds. The molecule has 2 bridgehead atoms. The maximum Gasteiger partial charge on any atom is 0.158 e. The van der Waals surface area contributed by atoms with Gasteiger partial charge in [-0.1, -0.05) is 0 Å². The summed E-state index contributed by atoms with van der Waals surface area (Å²) in [6.07, 6.45) is 10.4. The quantitative estimate of drug-likeness (QED) is 0.676. The smallest absolute Gasteiger partial charge is 0.158 e. The van der Waals surface area contributed by atoms with Crippen molar-refractivity contribution in [2.75, 3.05) is 6.61 Å². The fraction of sp³-hybridized carbons (Fsp3) is 1.00. The van der Waals surface area contributed by atoms with E-state index in [1.54, 1.807) is 0 Å². The highest BCUT2D eigenvalue weighted by Crippen LogP contribution is 2.50. The summed E-state index contributed by atoms with van der Waals surface area (Å²) < 4.78 is 11.9. The molecule has 0 spiro atoms. The van der Waals surface area contributed by atoms with Crippen LogP contribution in [0.1, 0.15) is 51.4 Å². The highest BCUT2D eigenvalue weighted by atomic mass is 16.7. The van der Waals surface area contributed by atoms with Gasteiger partial charge in [-0.3, -0.25) is 0 Å². The monoisotopic (exact) mass is 196 g/mol. The third-order valence-electron chi connectivity index (χ3n) is 4.20. The minimum Gasteiger partial charge on any atom is -0.353 e. The van der Waals surface area contributed by atoms with Crippen LogP contribution in [0, 0.1) is 5.92 Å². The van der Waals surface area contributed by atoms with Crippen molar-refractivity contribution in [3.05, 3.63) is 0 Å². The molecule has 2 nitrogen and oxygen atoms in total. The maximum absolute atomic E-state index is 6.21. The second kappa shape index (κ2) is 3.49. The molecule has 2 heteroatoms. The van der Waals surface area contributed by atoms with Crippen molar-refractivity contribution in [1.82, 2.24) is 0 Å². The molecular weight excluding hydrogens is 176 g/mol. The molecule has 3 rings (SSSR count). The van der Waals surface area contributed by atoms with Crippen molar-refractivity contribution in [2.24, 2.45) is 5.92 Å². The van der Waals surface area contributed by atoms with E-state index in [0.29, 0.717) is 0 Å². The van der Waals surface area contributed by atoms with Crippen molar-refractivity contribution in [3.8, 4) is 0 Å². The number of rotatable bonds is 2. The van der Waals surface area contributed by atoms with Gasteiger partial charge in [-0.25, -0.2) is 0 Å². The van der Waals surface area contributed by atoms with E-state index in [9.17, 15) is 0 Å². The molecule has 0 aromatic carbocycles. The third kappa shape index (κ3) is 1.59. The van der Waals surface area contributed by atoms with Gasteiger partial charge in [-0.15, -0.1) is 0 Å². The summed E-state index contributed by atoms with van der Waals surface area (Å²) in [5, 5.41) is 0. The lowest BCUT2D eigenvalue weighted by molar-refractivity contribution is -0.222. The van der Waals surface area contributed by atoms with Gasteiger partial charge in [0.25, 0.3) is 0 Å². The van der Waals surface area contributed by atoms with Crippen LogP contribution in [0.25, 0.3) is 0 Å². The van der Waals surface area contributed by atoms with Crippen LogP contribution in [-0.2, 0) is 9.47 Å². The van der Waals surface area contributed by atoms with Gasteiger partial charge in [-0.05, 0) is 57.3 Å². The molecule has 1 unspecified atom stereocenters. The molecule has 3 aliphatic rings. The normalized spacial score (nSPS) is 47.1. The molecular formula is C12H20O2. The van der Waals surface area contributed by atoms with Crippen LogP contribution < -0.4 is 0 Å². The first-order valence-corrected chi connectivity index (χ1v) is 6.16. The van der Waals surface area contributed by atoms with Crippen molar-refractivity contribution < 1.29 is 9.47 Å². The Morgan fingerprint density at radius 1 is 1.07 bits per heavy atom. The summed E-state index contributed by atoms with van der Waals surface area (Å²) in [6, 6.07) is 0. The summed E-state index contributed by atoms with van der Waals surface area (Å²) in [5.74, 6) is 0.971. The first-order valence-electron chi connectivity index (χ1n) is 6.16. The van der Waals surface area contributed by atoms with Crippen LogP contribution >= 0.6 is 0 Å². The van der Waals surface area contributed by atoms with Gasteiger partial charge in [-0.2, -0.15) is 0 Å². The standard InChI is InChI=1S/C12H20O2/c1-2-8-13-11(3-1)14-12-6-4-10(9-12)5-7-12/h10-11H,1-9H2. The summed E-state index contributed by atoms with van der Waals surface area (Å²) in [5.41, 5.74) is 0.243. The molecule has 1 aliphatic heterocycles. The number of fused-ring (bicyclic) bond motifs is 2. The van der Waals surface area contributed by atoms with Crippen LogP contribution in [0.3, 0.4) is 0 Å². The highest BCUT2D eigenvalue weighted by Gasteiger charge is 2.47. The SMILES string of the molecule is C1CCC(OC23CCC(CC2)C3)OC1. The summed E-state index contributed by atoms with van der Waals surface area (Å²) in [4.78, 5) is 0. The Hall–Kier alpha value is -0.0800. The van der Waals surface area contributed by atoms with Crippen molar-refractivity contribution in [1.29, 1.82) is 0 Å². The molecule has 2 aliphatic carbocycles. The predicted molar refractivity (Wildman–Crippen MR) is 54.0 cm³/mol. The van der Waals surface area contributed by atoms with E-state index in [4.69, 9.17) is 9.47 Å². The van der Waals surface area contributed by atoms with E-state index in [-0.39, 0.29) is 11.9 Å². The second-order valence-corrected chi connectivity index (χ2v) is 5.24. The van der Waals surface area contributed by atoms with Crippen LogP contribution in [0.15, 0.2) is 0 Å². The molecule has 2 saturated carbocycles. The molecule has 0 radical (unpaired) electrons. The number of hydrogen-bond acceptors (Lipinski definition) is 2. The topological polar surface area (TPSA) is 18.5 Å². The molecule has 3 fully saturated rings. The molecule has 1 heterocycles. The van der Waals surface area contributed by atoms with E-state index in [1.807, 2.05) is 0 Å². The second-order valence-electron chi connectivity index (χ2n) is 5.24. The Bertz CT molecular complexity index is 200. The maximum atomic E-state index is 6.21. The van der Waals surface area contributed by atoms with Crippen LogP contribution in [0.4, 0.5) is 0 Å². The Morgan fingerprint density at radius 2 is 1.93 bits per heavy atom. The molecule has 0 aromatic rings. The van der Waals surface area contributed by atoms with Gasteiger partial charge in [0, 0.05) is 6.61 Å². The van der Waals surface area contributed by atoms with Gasteiger partial charge in [0.05, 0.1) is 5.60 Å². The van der Waals surface area contributed by atoms with E-state index in [0.717, 1.165) is 18.9 Å². The van der Waals surface area contributed by atoms with Crippen molar-refractivity contribution in [3.63, 3.8) is 0 Å². The molecule has 1 atom stereocenters. The fourth-order valence-corrected chi connectivity index (χ4v) is 3.39. The first-order chi connectivity index (χ1) is 6.86. The molecule has 0 N–H and O–H groups in total. The van der Waals surface area contributed by atoms with Gasteiger partial charge in [0.2, 0.25) is 0 Å². The van der Waals surface area contributed by atoms with E-state index in [2.05, 4.69) is 0 Å². The van der Waals surface area contributed by atoms with E-state index in [1.165, 1.54) is 44.9 Å². The highest BCUT2D eigenvalue weighted by molar-refractivity contribution is 4.98. The van der Waals surface area contributed by atoms with E-state index < -0.39 is 0 Å². The first kappa shape index (κ1) is 9.17. The minimum atomic E-state index is 0.126. The lowest BCUT2D eigenvalue weighted by Gasteiger charge is -2.33. The minimum absolute atomic E-state index is 0.126. The largest absolute Gasteiger partial charge is 0.353 e. The zero-order valence-electron chi connectivity index (χ0n) is 8.84. The number of ether oxygens (including phenoxy) is 2. The molecule has 0 aromatic heterocycles. The van der Waals surface area contributed by atoms with Gasteiger partial charge < -0.3 is 9.47 Å². The fourth-order valence-electron chi connectivity index (χ4n) is 3.39. The molecule has 14 heavy (non-hydrogen) atoms. The Kier molecular flexibility index (Phi) is 2.29. The number of hydrogen-bond donors (Lipinski definition) is 0. The Morgan fingerprint density at radius 3 is 2.50 bits per heavy atom. The van der Waals surface area contributed by atoms with Gasteiger partial charge >= 0.3 is 0 Å². The lowest BCUT2D eigenvalue weighted by Crippen LogP contribution is -2.35. The van der Waals surface area contributed by atoms with Gasteiger partial charge in [0.1, 0.15) is 0 Å². The van der Waals surface area contributed by atoms with E-state index >= 15 is 0 Å².